The Balaban J connectivity index is 1.91. The van der Waals surface area contributed by atoms with Gasteiger partial charge in [0.2, 0.25) is 0 Å². The van der Waals surface area contributed by atoms with Gasteiger partial charge in [0.25, 0.3) is 5.91 Å². The molecule has 6 nitrogen and oxygen atoms in total. The lowest BCUT2D eigenvalue weighted by Crippen LogP contribution is -2.46. The highest BCUT2D eigenvalue weighted by Crippen LogP contribution is 2.21. The minimum absolute atomic E-state index is 0.0818. The zero-order valence-corrected chi connectivity index (χ0v) is 12.4. The smallest absolute Gasteiger partial charge is 0.272 e. The van der Waals surface area contributed by atoms with Crippen molar-refractivity contribution in [2.75, 3.05) is 39.9 Å². The number of hydrogen-bond acceptors (Lipinski definition) is 4. The number of fused-ring (bicyclic) bond motifs is 3. The number of likely N-dealkylation sites (N-methyl/N-ethyl adjacent to an activating group) is 1. The van der Waals surface area contributed by atoms with Crippen LogP contribution in [0.15, 0.2) is 6.33 Å². The predicted octanol–water partition coefficient (Wildman–Crippen LogP) is 0.131. The summed E-state index contributed by atoms with van der Waals surface area (Å²) in [6, 6.07) is 0.134. The number of carbonyl (C=O) groups excluding carboxylic acids is 1. The number of hydrogen-bond donors (Lipinski definition) is 0. The van der Waals surface area contributed by atoms with E-state index in [4.69, 9.17) is 4.74 Å². The second-order valence-corrected chi connectivity index (χ2v) is 6.03. The average Bonchev–Trinajstić information content (AvgIpc) is 2.56. The Morgan fingerprint density at radius 3 is 2.80 bits per heavy atom. The van der Waals surface area contributed by atoms with E-state index in [0.717, 1.165) is 31.9 Å². The van der Waals surface area contributed by atoms with Gasteiger partial charge in [-0.2, -0.15) is 0 Å². The summed E-state index contributed by atoms with van der Waals surface area (Å²) in [5.74, 6) is 0.475. The average molecular weight is 278 g/mol. The predicted molar refractivity (Wildman–Crippen MR) is 74.6 cm³/mol. The van der Waals surface area contributed by atoms with Gasteiger partial charge < -0.3 is 19.1 Å². The molecular formula is C14H22N4O2. The van der Waals surface area contributed by atoms with Gasteiger partial charge in [-0.25, -0.2) is 4.98 Å². The van der Waals surface area contributed by atoms with Gasteiger partial charge in [-0.15, -0.1) is 0 Å². The Morgan fingerprint density at radius 1 is 1.30 bits per heavy atom. The van der Waals surface area contributed by atoms with E-state index in [1.54, 1.807) is 6.33 Å². The molecule has 0 N–H and O–H groups in total. The fraction of sp³-hybridized carbons (Fsp3) is 0.714. The van der Waals surface area contributed by atoms with Crippen molar-refractivity contribution in [1.29, 1.82) is 0 Å². The largest absolute Gasteiger partial charge is 0.379 e. The van der Waals surface area contributed by atoms with Gasteiger partial charge in [-0.1, -0.05) is 0 Å². The van der Waals surface area contributed by atoms with E-state index in [0.29, 0.717) is 18.2 Å². The fourth-order valence-corrected chi connectivity index (χ4v) is 3.32. The molecule has 0 radical (unpaired) electrons. The van der Waals surface area contributed by atoms with Crippen LogP contribution in [0.5, 0.6) is 0 Å². The molecule has 1 amide bonds. The Hall–Kier alpha value is -1.40. The maximum absolute atomic E-state index is 12.9. The SMILES string of the molecule is Cc1ncn(C)c1C(=O)N1C[C@H]2COC[C@@H]1CN(C)C2. The molecule has 3 heterocycles. The Kier molecular flexibility index (Phi) is 3.52. The van der Waals surface area contributed by atoms with Gasteiger partial charge in [0.1, 0.15) is 5.69 Å². The molecule has 0 unspecified atom stereocenters. The molecule has 20 heavy (non-hydrogen) atoms. The molecule has 0 aliphatic carbocycles. The van der Waals surface area contributed by atoms with Crippen LogP contribution in [0.4, 0.5) is 0 Å². The first-order valence-electron chi connectivity index (χ1n) is 7.11. The van der Waals surface area contributed by atoms with Crippen molar-refractivity contribution in [2.45, 2.75) is 13.0 Å². The lowest BCUT2D eigenvalue weighted by Gasteiger charge is -2.29. The van der Waals surface area contributed by atoms with Crippen LogP contribution in [0.1, 0.15) is 16.2 Å². The van der Waals surface area contributed by atoms with E-state index in [-0.39, 0.29) is 11.9 Å². The van der Waals surface area contributed by atoms with Crippen LogP contribution in [0, 0.1) is 12.8 Å². The van der Waals surface area contributed by atoms with Gasteiger partial charge in [-0.05, 0) is 14.0 Å². The molecule has 2 bridgehead atoms. The lowest BCUT2D eigenvalue weighted by atomic mass is 10.1. The van der Waals surface area contributed by atoms with E-state index in [1.807, 2.05) is 23.4 Å². The van der Waals surface area contributed by atoms with E-state index in [9.17, 15) is 4.79 Å². The molecule has 110 valence electrons. The number of imidazole rings is 1. The molecule has 2 atom stereocenters. The summed E-state index contributed by atoms with van der Waals surface area (Å²) in [6.45, 7) is 5.90. The summed E-state index contributed by atoms with van der Waals surface area (Å²) in [6.07, 6.45) is 1.70. The topological polar surface area (TPSA) is 50.6 Å². The van der Waals surface area contributed by atoms with Crippen LogP contribution in [0.3, 0.4) is 0 Å². The summed E-state index contributed by atoms with van der Waals surface area (Å²) < 4.78 is 7.54. The number of rotatable bonds is 1. The molecule has 6 heteroatoms. The normalized spacial score (nSPS) is 27.4. The molecule has 0 saturated carbocycles. The molecule has 2 aliphatic heterocycles. The summed E-state index contributed by atoms with van der Waals surface area (Å²) in [5.41, 5.74) is 1.49. The van der Waals surface area contributed by atoms with Crippen molar-refractivity contribution in [2.24, 2.45) is 13.0 Å². The first-order valence-corrected chi connectivity index (χ1v) is 7.11. The van der Waals surface area contributed by atoms with E-state index in [1.165, 1.54) is 0 Å². The van der Waals surface area contributed by atoms with Gasteiger partial charge in [0, 0.05) is 32.6 Å². The van der Waals surface area contributed by atoms with Crippen LogP contribution in [-0.4, -0.2) is 71.2 Å². The number of aryl methyl sites for hydroxylation is 2. The zero-order chi connectivity index (χ0) is 14.3. The monoisotopic (exact) mass is 278 g/mol. The Bertz CT molecular complexity index is 494. The van der Waals surface area contributed by atoms with E-state index >= 15 is 0 Å². The van der Waals surface area contributed by atoms with E-state index in [2.05, 4.69) is 16.9 Å². The lowest BCUT2D eigenvalue weighted by molar-refractivity contribution is 0.0478. The van der Waals surface area contributed by atoms with Crippen LogP contribution in [0.25, 0.3) is 0 Å². The fourth-order valence-electron chi connectivity index (χ4n) is 3.32. The quantitative estimate of drug-likeness (QED) is 0.733. The first-order chi connectivity index (χ1) is 9.56. The second kappa shape index (κ2) is 5.18. The second-order valence-electron chi connectivity index (χ2n) is 6.03. The Labute approximate surface area is 119 Å². The minimum atomic E-state index is 0.0818. The van der Waals surface area contributed by atoms with Gasteiger partial charge in [0.15, 0.2) is 0 Å². The molecule has 0 aromatic carbocycles. The van der Waals surface area contributed by atoms with Gasteiger partial charge >= 0.3 is 0 Å². The van der Waals surface area contributed by atoms with Crippen LogP contribution in [-0.2, 0) is 11.8 Å². The summed E-state index contributed by atoms with van der Waals surface area (Å²) >= 11 is 0. The van der Waals surface area contributed by atoms with Gasteiger partial charge in [-0.3, -0.25) is 4.79 Å². The number of carbonyl (C=O) groups is 1. The maximum atomic E-state index is 12.9. The molecule has 3 rings (SSSR count). The first kappa shape index (κ1) is 13.6. The zero-order valence-electron chi connectivity index (χ0n) is 12.4. The highest BCUT2D eigenvalue weighted by molar-refractivity contribution is 5.94. The van der Waals surface area contributed by atoms with Crippen molar-refractivity contribution in [3.8, 4) is 0 Å². The van der Waals surface area contributed by atoms with Crippen molar-refractivity contribution < 1.29 is 9.53 Å². The third kappa shape index (κ3) is 2.33. The maximum Gasteiger partial charge on any atom is 0.272 e. The third-order valence-electron chi connectivity index (χ3n) is 4.24. The van der Waals surface area contributed by atoms with Crippen molar-refractivity contribution >= 4 is 5.91 Å². The summed E-state index contributed by atoms with van der Waals surface area (Å²) in [7, 11) is 3.99. The highest BCUT2D eigenvalue weighted by atomic mass is 16.5. The molecular weight excluding hydrogens is 256 g/mol. The van der Waals surface area contributed by atoms with Crippen LogP contribution >= 0.6 is 0 Å². The van der Waals surface area contributed by atoms with Crippen LogP contribution in [0.2, 0.25) is 0 Å². The van der Waals surface area contributed by atoms with Crippen molar-refractivity contribution in [3.05, 3.63) is 17.7 Å². The molecule has 2 fully saturated rings. The number of amides is 1. The van der Waals surface area contributed by atoms with Crippen molar-refractivity contribution in [3.63, 3.8) is 0 Å². The highest BCUT2D eigenvalue weighted by Gasteiger charge is 2.36. The number of aromatic nitrogens is 2. The van der Waals surface area contributed by atoms with Gasteiger partial charge in [0.05, 0.1) is 31.3 Å². The standard InChI is InChI=1S/C14H22N4O2/c1-10-13(17(3)9-15-10)14(19)18-5-11-4-16(2)6-12(18)8-20-7-11/h9,11-12H,4-8H2,1-3H3/t11-,12-/m0/s1. The van der Waals surface area contributed by atoms with Crippen LogP contribution < -0.4 is 0 Å². The van der Waals surface area contributed by atoms with Crippen molar-refractivity contribution in [1.82, 2.24) is 19.4 Å². The summed E-state index contributed by atoms with van der Waals surface area (Å²) in [5, 5.41) is 0. The van der Waals surface area contributed by atoms with E-state index < -0.39 is 0 Å². The minimum Gasteiger partial charge on any atom is -0.379 e. The Morgan fingerprint density at radius 2 is 2.10 bits per heavy atom. The third-order valence-corrected chi connectivity index (χ3v) is 4.24. The molecule has 1 aromatic rings. The number of nitrogens with zero attached hydrogens (tertiary/aromatic N) is 4. The molecule has 1 aromatic heterocycles. The molecule has 0 spiro atoms. The molecule has 2 saturated heterocycles. The molecule has 2 aliphatic rings. The number of ether oxygens (including phenoxy) is 1. The summed E-state index contributed by atoms with van der Waals surface area (Å²) in [4.78, 5) is 21.4.